The lowest BCUT2D eigenvalue weighted by Gasteiger charge is -2.13. The van der Waals surface area contributed by atoms with Crippen LogP contribution in [-0.2, 0) is 14.3 Å². The minimum atomic E-state index is -0.993. The summed E-state index contributed by atoms with van der Waals surface area (Å²) < 4.78 is 10.4. The molecule has 0 radical (unpaired) electrons. The average molecular weight is 395 g/mol. The normalized spacial score (nSPS) is 11.4. The average Bonchev–Trinajstić information content (AvgIpc) is 3.00. The first kappa shape index (κ1) is 17.7. The van der Waals surface area contributed by atoms with E-state index in [9.17, 15) is 14.4 Å². The Morgan fingerprint density at radius 2 is 1.88 bits per heavy atom. The SMILES string of the molecule is C[C@@H](OC(=O)CNC(=O)c1ccc(Br)o1)C(=O)Nc1ccccc1. The number of carbonyl (C=O) groups is 3. The van der Waals surface area contributed by atoms with Crippen molar-refractivity contribution in [2.45, 2.75) is 13.0 Å². The van der Waals surface area contributed by atoms with Gasteiger partial charge < -0.3 is 19.8 Å². The van der Waals surface area contributed by atoms with Crippen LogP contribution in [0.5, 0.6) is 0 Å². The van der Waals surface area contributed by atoms with Gasteiger partial charge in [0.15, 0.2) is 16.5 Å². The number of para-hydroxylation sites is 1. The predicted molar refractivity (Wildman–Crippen MR) is 89.4 cm³/mol. The van der Waals surface area contributed by atoms with E-state index in [1.165, 1.54) is 13.0 Å². The number of benzene rings is 1. The topological polar surface area (TPSA) is 97.6 Å². The van der Waals surface area contributed by atoms with E-state index < -0.39 is 23.9 Å². The van der Waals surface area contributed by atoms with Crippen molar-refractivity contribution >= 4 is 39.4 Å². The quantitative estimate of drug-likeness (QED) is 0.732. The number of hydrogen-bond acceptors (Lipinski definition) is 5. The molecule has 0 saturated heterocycles. The second-order valence-electron chi connectivity index (χ2n) is 4.77. The van der Waals surface area contributed by atoms with Crippen molar-refractivity contribution in [3.63, 3.8) is 0 Å². The third-order valence-corrected chi connectivity index (χ3v) is 3.34. The molecule has 0 spiro atoms. The molecule has 8 heteroatoms. The molecule has 2 aromatic rings. The highest BCUT2D eigenvalue weighted by Gasteiger charge is 2.19. The van der Waals surface area contributed by atoms with Crippen LogP contribution in [0.4, 0.5) is 5.69 Å². The molecule has 24 heavy (non-hydrogen) atoms. The van der Waals surface area contributed by atoms with Crippen LogP contribution in [0.1, 0.15) is 17.5 Å². The van der Waals surface area contributed by atoms with Crippen LogP contribution in [-0.4, -0.2) is 30.4 Å². The second kappa shape index (κ2) is 8.30. The maximum atomic E-state index is 11.9. The molecule has 0 unspecified atom stereocenters. The van der Waals surface area contributed by atoms with Gasteiger partial charge in [-0.2, -0.15) is 0 Å². The number of hydrogen-bond donors (Lipinski definition) is 2. The molecule has 1 heterocycles. The van der Waals surface area contributed by atoms with E-state index >= 15 is 0 Å². The first-order valence-electron chi connectivity index (χ1n) is 7.04. The molecule has 0 bridgehead atoms. The fourth-order valence-corrected chi connectivity index (χ4v) is 2.04. The van der Waals surface area contributed by atoms with Gasteiger partial charge in [0.2, 0.25) is 0 Å². The van der Waals surface area contributed by atoms with Gasteiger partial charge in [0.05, 0.1) is 0 Å². The van der Waals surface area contributed by atoms with Gasteiger partial charge in [-0.3, -0.25) is 14.4 Å². The standard InChI is InChI=1S/C16H15BrN2O5/c1-10(15(21)19-11-5-3-2-4-6-11)23-14(20)9-18-16(22)12-7-8-13(17)24-12/h2-8,10H,9H2,1H3,(H,18,22)(H,19,21)/t10-/m1/s1. The van der Waals surface area contributed by atoms with Gasteiger partial charge in [0, 0.05) is 5.69 Å². The van der Waals surface area contributed by atoms with E-state index in [-0.39, 0.29) is 12.3 Å². The zero-order chi connectivity index (χ0) is 17.5. The number of esters is 1. The Balaban J connectivity index is 1.77. The summed E-state index contributed by atoms with van der Waals surface area (Å²) in [5, 5.41) is 4.96. The summed E-state index contributed by atoms with van der Waals surface area (Å²) in [6, 6.07) is 11.8. The Kier molecular flexibility index (Phi) is 6.14. The molecule has 0 aliphatic rings. The summed E-state index contributed by atoms with van der Waals surface area (Å²) in [6.07, 6.45) is -0.993. The van der Waals surface area contributed by atoms with Crippen molar-refractivity contribution in [1.82, 2.24) is 5.32 Å². The molecule has 0 saturated carbocycles. The number of anilines is 1. The van der Waals surface area contributed by atoms with E-state index in [0.717, 1.165) is 0 Å². The zero-order valence-corrected chi connectivity index (χ0v) is 14.3. The molecule has 2 N–H and O–H groups in total. The van der Waals surface area contributed by atoms with Gasteiger partial charge in [-0.05, 0) is 47.1 Å². The van der Waals surface area contributed by atoms with E-state index in [1.807, 2.05) is 6.07 Å². The van der Waals surface area contributed by atoms with Crippen molar-refractivity contribution in [3.8, 4) is 0 Å². The van der Waals surface area contributed by atoms with Gasteiger partial charge in [0.25, 0.3) is 11.8 Å². The first-order chi connectivity index (χ1) is 11.5. The van der Waals surface area contributed by atoms with Gasteiger partial charge in [0.1, 0.15) is 6.54 Å². The summed E-state index contributed by atoms with van der Waals surface area (Å²) in [5.74, 6) is -1.69. The molecule has 126 valence electrons. The van der Waals surface area contributed by atoms with Crippen molar-refractivity contribution in [3.05, 3.63) is 52.9 Å². The zero-order valence-electron chi connectivity index (χ0n) is 12.7. The Labute approximate surface area is 146 Å². The van der Waals surface area contributed by atoms with E-state index in [2.05, 4.69) is 26.6 Å². The van der Waals surface area contributed by atoms with Crippen LogP contribution in [0.3, 0.4) is 0 Å². The van der Waals surface area contributed by atoms with Crippen LogP contribution >= 0.6 is 15.9 Å². The number of halogens is 1. The monoisotopic (exact) mass is 394 g/mol. The summed E-state index contributed by atoms with van der Waals surface area (Å²) in [5.41, 5.74) is 0.599. The number of nitrogens with one attached hydrogen (secondary N) is 2. The van der Waals surface area contributed by atoms with Crippen molar-refractivity contribution < 1.29 is 23.5 Å². The second-order valence-corrected chi connectivity index (χ2v) is 5.56. The van der Waals surface area contributed by atoms with Gasteiger partial charge in [-0.15, -0.1) is 0 Å². The number of rotatable bonds is 6. The maximum Gasteiger partial charge on any atom is 0.326 e. The number of furan rings is 1. The van der Waals surface area contributed by atoms with Crippen LogP contribution in [0.2, 0.25) is 0 Å². The van der Waals surface area contributed by atoms with Crippen LogP contribution in [0.15, 0.2) is 51.6 Å². The molecule has 1 atom stereocenters. The predicted octanol–water partition coefficient (Wildman–Crippen LogP) is 2.34. The minimum absolute atomic E-state index is 0.0598. The van der Waals surface area contributed by atoms with E-state index in [1.54, 1.807) is 30.3 Å². The van der Waals surface area contributed by atoms with Crippen LogP contribution in [0, 0.1) is 0 Å². The molecular weight excluding hydrogens is 380 g/mol. The third kappa shape index (κ3) is 5.24. The van der Waals surface area contributed by atoms with Crippen LogP contribution < -0.4 is 10.6 Å². The third-order valence-electron chi connectivity index (χ3n) is 2.91. The minimum Gasteiger partial charge on any atom is -0.451 e. The molecular formula is C16H15BrN2O5. The first-order valence-corrected chi connectivity index (χ1v) is 7.84. The Bertz CT molecular complexity index is 729. The largest absolute Gasteiger partial charge is 0.451 e. The van der Waals surface area contributed by atoms with Gasteiger partial charge in [-0.1, -0.05) is 18.2 Å². The van der Waals surface area contributed by atoms with Crippen molar-refractivity contribution in [1.29, 1.82) is 0 Å². The lowest BCUT2D eigenvalue weighted by atomic mass is 10.3. The fraction of sp³-hybridized carbons (Fsp3) is 0.188. The van der Waals surface area contributed by atoms with Gasteiger partial charge in [-0.25, -0.2) is 0 Å². The number of carbonyl (C=O) groups excluding carboxylic acids is 3. The smallest absolute Gasteiger partial charge is 0.326 e. The van der Waals surface area contributed by atoms with Gasteiger partial charge >= 0.3 is 5.97 Å². The lowest BCUT2D eigenvalue weighted by Crippen LogP contribution is -2.35. The van der Waals surface area contributed by atoms with Crippen LogP contribution in [0.25, 0.3) is 0 Å². The molecule has 0 aliphatic carbocycles. The highest BCUT2D eigenvalue weighted by Crippen LogP contribution is 2.13. The molecule has 2 amide bonds. The Morgan fingerprint density at radius 3 is 2.50 bits per heavy atom. The summed E-state index contributed by atoms with van der Waals surface area (Å²) >= 11 is 3.07. The molecule has 0 fully saturated rings. The Morgan fingerprint density at radius 1 is 1.17 bits per heavy atom. The lowest BCUT2D eigenvalue weighted by molar-refractivity contribution is -0.152. The highest BCUT2D eigenvalue weighted by molar-refractivity contribution is 9.10. The molecule has 1 aromatic carbocycles. The molecule has 1 aromatic heterocycles. The fourth-order valence-electron chi connectivity index (χ4n) is 1.73. The maximum absolute atomic E-state index is 11.9. The molecule has 2 rings (SSSR count). The molecule has 7 nitrogen and oxygen atoms in total. The van der Waals surface area contributed by atoms with Crippen molar-refractivity contribution in [2.75, 3.05) is 11.9 Å². The van der Waals surface area contributed by atoms with E-state index in [4.69, 9.17) is 9.15 Å². The highest BCUT2D eigenvalue weighted by atomic mass is 79.9. The summed E-state index contributed by atoms with van der Waals surface area (Å²) in [4.78, 5) is 35.3. The van der Waals surface area contributed by atoms with E-state index in [0.29, 0.717) is 10.4 Å². The number of ether oxygens (including phenoxy) is 1. The summed E-state index contributed by atoms with van der Waals surface area (Å²) in [7, 11) is 0. The Hall–Kier alpha value is -2.61. The molecule has 0 aliphatic heterocycles. The number of amides is 2. The van der Waals surface area contributed by atoms with Crippen molar-refractivity contribution in [2.24, 2.45) is 0 Å². The summed E-state index contributed by atoms with van der Waals surface area (Å²) in [6.45, 7) is 1.07.